The maximum atomic E-state index is 12.7. The first-order chi connectivity index (χ1) is 13.7. The first kappa shape index (κ1) is 18.5. The minimum absolute atomic E-state index is 0.0366. The van der Waals surface area contributed by atoms with Gasteiger partial charge in [-0.1, -0.05) is 30.3 Å². The second kappa shape index (κ2) is 8.44. The zero-order chi connectivity index (χ0) is 19.3. The van der Waals surface area contributed by atoms with E-state index >= 15 is 0 Å². The third-order valence-corrected chi connectivity index (χ3v) is 5.21. The lowest BCUT2D eigenvalue weighted by Crippen LogP contribution is -2.40. The third kappa shape index (κ3) is 4.34. The largest absolute Gasteiger partial charge is 0.486 e. The van der Waals surface area contributed by atoms with Crippen LogP contribution < -0.4 is 10.1 Å². The Bertz CT molecular complexity index is 931. The quantitative estimate of drug-likeness (QED) is 0.690. The van der Waals surface area contributed by atoms with E-state index < -0.39 is 0 Å². The van der Waals surface area contributed by atoms with Crippen molar-refractivity contribution < 1.29 is 14.6 Å². The molecular weight excluding hydrogens is 354 g/mol. The van der Waals surface area contributed by atoms with E-state index in [-0.39, 0.29) is 24.6 Å². The van der Waals surface area contributed by atoms with E-state index in [2.05, 4.69) is 10.3 Å². The van der Waals surface area contributed by atoms with E-state index in [9.17, 15) is 9.90 Å². The third-order valence-electron chi connectivity index (χ3n) is 5.21. The van der Waals surface area contributed by atoms with Crippen molar-refractivity contribution in [3.8, 4) is 5.75 Å². The number of hydrogen-bond donors (Lipinski definition) is 2. The minimum Gasteiger partial charge on any atom is -0.486 e. The highest BCUT2D eigenvalue weighted by atomic mass is 16.5. The first-order valence-electron chi connectivity index (χ1n) is 9.78. The molecule has 1 aliphatic carbocycles. The molecule has 1 saturated carbocycles. The van der Waals surface area contributed by atoms with Gasteiger partial charge < -0.3 is 19.7 Å². The zero-order valence-electron chi connectivity index (χ0n) is 15.8. The number of fused-ring (bicyclic) bond motifs is 1. The van der Waals surface area contributed by atoms with Gasteiger partial charge in [-0.25, -0.2) is 4.98 Å². The van der Waals surface area contributed by atoms with Crippen LogP contribution in [0.5, 0.6) is 5.75 Å². The molecule has 0 unspecified atom stereocenters. The van der Waals surface area contributed by atoms with Gasteiger partial charge in [0.25, 0.3) is 0 Å². The predicted molar refractivity (Wildman–Crippen MR) is 107 cm³/mol. The molecule has 1 amide bonds. The van der Waals surface area contributed by atoms with Crippen molar-refractivity contribution in [1.29, 1.82) is 0 Å². The number of carbonyl (C=O) groups excluding carboxylic acids is 1. The molecule has 1 fully saturated rings. The first-order valence-corrected chi connectivity index (χ1v) is 9.78. The summed E-state index contributed by atoms with van der Waals surface area (Å²) in [5, 5.41) is 12.7. The van der Waals surface area contributed by atoms with Crippen molar-refractivity contribution in [1.82, 2.24) is 14.9 Å². The molecular formula is C22H25N3O3. The van der Waals surface area contributed by atoms with Gasteiger partial charge in [0.1, 0.15) is 24.7 Å². The molecule has 0 aliphatic heterocycles. The molecule has 0 atom stereocenters. The summed E-state index contributed by atoms with van der Waals surface area (Å²) < 4.78 is 7.78. The SMILES string of the molecule is O=C(Cn1c(COc2ccccc2)nc2ccccc21)NC1CCC(O)CC1. The van der Waals surface area contributed by atoms with Gasteiger partial charge in [0.15, 0.2) is 0 Å². The molecule has 0 bridgehead atoms. The molecule has 28 heavy (non-hydrogen) atoms. The number of aliphatic hydroxyl groups excluding tert-OH is 1. The zero-order valence-corrected chi connectivity index (χ0v) is 15.8. The lowest BCUT2D eigenvalue weighted by molar-refractivity contribution is -0.122. The summed E-state index contributed by atoms with van der Waals surface area (Å²) in [4.78, 5) is 17.3. The topological polar surface area (TPSA) is 76.4 Å². The van der Waals surface area contributed by atoms with Gasteiger partial charge >= 0.3 is 0 Å². The Morgan fingerprint density at radius 1 is 1.07 bits per heavy atom. The number of imidazole rings is 1. The van der Waals surface area contributed by atoms with Gasteiger partial charge in [-0.3, -0.25) is 4.79 Å². The Hall–Kier alpha value is -2.86. The smallest absolute Gasteiger partial charge is 0.240 e. The van der Waals surface area contributed by atoms with E-state index in [0.717, 1.165) is 48.3 Å². The summed E-state index contributed by atoms with van der Waals surface area (Å²) in [6.07, 6.45) is 2.90. The van der Waals surface area contributed by atoms with Gasteiger partial charge in [-0.05, 0) is 49.9 Å². The van der Waals surface area contributed by atoms with Crippen LogP contribution in [-0.2, 0) is 17.9 Å². The van der Waals surface area contributed by atoms with Gasteiger partial charge in [-0.15, -0.1) is 0 Å². The van der Waals surface area contributed by atoms with Crippen LogP contribution in [0, 0.1) is 0 Å². The van der Waals surface area contributed by atoms with Gasteiger partial charge in [-0.2, -0.15) is 0 Å². The monoisotopic (exact) mass is 379 g/mol. The summed E-state index contributed by atoms with van der Waals surface area (Å²) >= 11 is 0. The van der Waals surface area contributed by atoms with Crippen LogP contribution in [0.1, 0.15) is 31.5 Å². The molecule has 2 aromatic carbocycles. The van der Waals surface area contributed by atoms with Crippen LogP contribution in [-0.4, -0.2) is 32.7 Å². The van der Waals surface area contributed by atoms with E-state index in [1.807, 2.05) is 59.2 Å². The molecule has 0 spiro atoms. The molecule has 0 saturated heterocycles. The van der Waals surface area contributed by atoms with Crippen molar-refractivity contribution in [3.05, 3.63) is 60.4 Å². The number of aliphatic hydroxyl groups is 1. The number of para-hydroxylation sites is 3. The van der Waals surface area contributed by atoms with E-state index in [1.54, 1.807) is 0 Å². The molecule has 146 valence electrons. The highest BCUT2D eigenvalue weighted by molar-refractivity contribution is 5.81. The van der Waals surface area contributed by atoms with Crippen molar-refractivity contribution in [3.63, 3.8) is 0 Å². The number of nitrogens with one attached hydrogen (secondary N) is 1. The maximum Gasteiger partial charge on any atom is 0.240 e. The van der Waals surface area contributed by atoms with E-state index in [4.69, 9.17) is 4.74 Å². The molecule has 4 rings (SSSR count). The van der Waals surface area contributed by atoms with Crippen LogP contribution in [0.2, 0.25) is 0 Å². The number of nitrogens with zero attached hydrogens (tertiary/aromatic N) is 2. The number of amides is 1. The van der Waals surface area contributed by atoms with Gasteiger partial charge in [0, 0.05) is 6.04 Å². The summed E-state index contributed by atoms with van der Waals surface area (Å²) in [5.74, 6) is 1.45. The predicted octanol–water partition coefficient (Wildman–Crippen LogP) is 3.04. The Morgan fingerprint density at radius 2 is 1.79 bits per heavy atom. The van der Waals surface area contributed by atoms with Crippen molar-refractivity contribution in [2.75, 3.05) is 0 Å². The Balaban J connectivity index is 1.49. The lowest BCUT2D eigenvalue weighted by Gasteiger charge is -2.26. The lowest BCUT2D eigenvalue weighted by atomic mass is 9.93. The summed E-state index contributed by atoms with van der Waals surface area (Å²) in [7, 11) is 0. The Labute approximate surface area is 164 Å². The highest BCUT2D eigenvalue weighted by Gasteiger charge is 2.22. The van der Waals surface area contributed by atoms with Crippen molar-refractivity contribution >= 4 is 16.9 Å². The minimum atomic E-state index is -0.229. The molecule has 3 aromatic rings. The second-order valence-corrected chi connectivity index (χ2v) is 7.28. The van der Waals surface area contributed by atoms with Crippen LogP contribution >= 0.6 is 0 Å². The summed E-state index contributed by atoms with van der Waals surface area (Å²) in [6.45, 7) is 0.495. The number of aromatic nitrogens is 2. The molecule has 2 N–H and O–H groups in total. The molecule has 1 aliphatic rings. The van der Waals surface area contributed by atoms with Gasteiger partial charge in [0.2, 0.25) is 5.91 Å². The van der Waals surface area contributed by atoms with Crippen molar-refractivity contribution in [2.24, 2.45) is 0 Å². The van der Waals surface area contributed by atoms with Crippen LogP contribution in [0.3, 0.4) is 0 Å². The maximum absolute atomic E-state index is 12.7. The Kier molecular flexibility index (Phi) is 5.58. The van der Waals surface area contributed by atoms with Crippen LogP contribution in [0.15, 0.2) is 54.6 Å². The van der Waals surface area contributed by atoms with E-state index in [0.29, 0.717) is 6.61 Å². The fourth-order valence-electron chi connectivity index (χ4n) is 3.71. The summed E-state index contributed by atoms with van der Waals surface area (Å²) in [5.41, 5.74) is 1.77. The normalized spacial score (nSPS) is 19.5. The standard InChI is InChI=1S/C22H25N3O3/c26-17-12-10-16(11-13-17)23-22(27)14-25-20-9-5-4-8-19(20)24-21(25)15-28-18-6-2-1-3-7-18/h1-9,16-17,26H,10-15H2,(H,23,27). The average molecular weight is 379 g/mol. The number of rotatable bonds is 6. The summed E-state index contributed by atoms with van der Waals surface area (Å²) in [6, 6.07) is 17.5. The van der Waals surface area contributed by atoms with Crippen molar-refractivity contribution in [2.45, 2.75) is 51.0 Å². The molecule has 6 heteroatoms. The fraction of sp³-hybridized carbons (Fsp3) is 0.364. The highest BCUT2D eigenvalue weighted by Crippen LogP contribution is 2.20. The average Bonchev–Trinajstić information content (AvgIpc) is 3.06. The Morgan fingerprint density at radius 3 is 2.57 bits per heavy atom. The molecule has 1 aromatic heterocycles. The molecule has 6 nitrogen and oxygen atoms in total. The molecule has 0 radical (unpaired) electrons. The van der Waals surface area contributed by atoms with Crippen LogP contribution in [0.4, 0.5) is 0 Å². The van der Waals surface area contributed by atoms with Crippen LogP contribution in [0.25, 0.3) is 11.0 Å². The fourth-order valence-corrected chi connectivity index (χ4v) is 3.71. The molecule has 1 heterocycles. The van der Waals surface area contributed by atoms with Gasteiger partial charge in [0.05, 0.1) is 17.1 Å². The second-order valence-electron chi connectivity index (χ2n) is 7.28. The number of hydrogen-bond acceptors (Lipinski definition) is 4. The number of ether oxygens (including phenoxy) is 1. The number of carbonyl (C=O) groups is 1. The van der Waals surface area contributed by atoms with E-state index in [1.165, 1.54) is 0 Å². The number of benzene rings is 2.